The Morgan fingerprint density at radius 2 is 1.96 bits per heavy atom. The number of pyridine rings is 1. The van der Waals surface area contributed by atoms with Gasteiger partial charge in [-0.25, -0.2) is 10.4 Å². The molecule has 4 rings (SSSR count). The lowest BCUT2D eigenvalue weighted by atomic mass is 10.0. The number of hydrazone groups is 1. The third kappa shape index (κ3) is 4.25. The van der Waals surface area contributed by atoms with Crippen LogP contribution in [0.3, 0.4) is 0 Å². The second-order valence-electron chi connectivity index (χ2n) is 6.14. The molecular weight excluding hydrogens is 360 g/mol. The minimum atomic E-state index is -0.252. The monoisotopic (exact) mass is 378 g/mol. The number of hydrogen-bond acceptors (Lipinski definition) is 6. The highest BCUT2D eigenvalue weighted by atomic mass is 32.2. The Balaban J connectivity index is 1.48. The number of carbonyl (C=O) groups is 1. The van der Waals surface area contributed by atoms with Crippen molar-refractivity contribution in [3.05, 3.63) is 64.8 Å². The lowest BCUT2D eigenvalue weighted by Gasteiger charge is -2.15. The molecule has 0 aliphatic heterocycles. The van der Waals surface area contributed by atoms with E-state index in [1.165, 1.54) is 4.91 Å². The Labute approximate surface area is 160 Å². The Morgan fingerprint density at radius 3 is 2.81 bits per heavy atom. The number of nitrogens with one attached hydrogen (secondary N) is 1. The van der Waals surface area contributed by atoms with Crippen LogP contribution in [-0.2, 0) is 0 Å². The summed E-state index contributed by atoms with van der Waals surface area (Å²) < 4.78 is 5.82. The van der Waals surface area contributed by atoms with Crippen LogP contribution in [0.5, 0.6) is 0 Å². The van der Waals surface area contributed by atoms with Crippen molar-refractivity contribution in [2.24, 2.45) is 5.10 Å². The number of allylic oxidation sites excluding steroid dienone is 2. The van der Waals surface area contributed by atoms with Crippen molar-refractivity contribution in [2.45, 2.75) is 30.9 Å². The third-order valence-corrected chi connectivity index (χ3v) is 5.33. The van der Waals surface area contributed by atoms with Crippen LogP contribution >= 0.6 is 11.8 Å². The second kappa shape index (κ2) is 8.18. The Bertz CT molecular complexity index is 978. The number of amides is 1. The Kier molecular flexibility index (Phi) is 5.29. The molecule has 0 bridgehead atoms. The first-order chi connectivity index (χ1) is 13.3. The van der Waals surface area contributed by atoms with Crippen molar-refractivity contribution in [1.82, 2.24) is 15.4 Å². The van der Waals surface area contributed by atoms with Crippen LogP contribution in [0.4, 0.5) is 0 Å². The number of benzene rings is 1. The van der Waals surface area contributed by atoms with Crippen LogP contribution in [0, 0.1) is 0 Å². The molecular formula is C20H18N4O2S. The van der Waals surface area contributed by atoms with Crippen LogP contribution < -0.4 is 5.43 Å². The first-order valence-corrected chi connectivity index (χ1v) is 9.60. The third-order valence-electron chi connectivity index (χ3n) is 4.27. The number of nitrogens with zero attached hydrogens (tertiary/aromatic N) is 3. The summed E-state index contributed by atoms with van der Waals surface area (Å²) in [5.74, 6) is -0.252. The molecule has 1 aliphatic rings. The van der Waals surface area contributed by atoms with Crippen LogP contribution in [0.2, 0.25) is 0 Å². The molecule has 0 spiro atoms. The lowest BCUT2D eigenvalue weighted by molar-refractivity contribution is 0.0955. The van der Waals surface area contributed by atoms with Gasteiger partial charge in [-0.2, -0.15) is 5.10 Å². The van der Waals surface area contributed by atoms with E-state index in [-0.39, 0.29) is 5.91 Å². The van der Waals surface area contributed by atoms with Gasteiger partial charge in [-0.05, 0) is 72.2 Å². The fourth-order valence-corrected chi connectivity index (χ4v) is 3.91. The highest BCUT2D eigenvalue weighted by Crippen LogP contribution is 2.37. The van der Waals surface area contributed by atoms with Gasteiger partial charge in [0.25, 0.3) is 11.1 Å². The zero-order valence-corrected chi connectivity index (χ0v) is 15.4. The van der Waals surface area contributed by atoms with E-state index in [1.54, 1.807) is 42.5 Å². The Morgan fingerprint density at radius 1 is 1.15 bits per heavy atom. The van der Waals surface area contributed by atoms with Gasteiger partial charge in [0.15, 0.2) is 5.58 Å². The van der Waals surface area contributed by atoms with E-state index in [1.807, 2.05) is 24.3 Å². The smallest absolute Gasteiger partial charge is 0.271 e. The maximum absolute atomic E-state index is 12.1. The molecule has 0 radical (unpaired) electrons. The second-order valence-corrected chi connectivity index (χ2v) is 7.19. The summed E-state index contributed by atoms with van der Waals surface area (Å²) in [5, 5.41) is 4.78. The SMILES string of the molecule is O=C(N/N=C/C1=C(Sc2nc3ccccc3o2)CCCC1)c1ccncc1. The molecule has 136 valence electrons. The van der Waals surface area contributed by atoms with Crippen LogP contribution in [0.25, 0.3) is 11.1 Å². The molecule has 2 aromatic heterocycles. The van der Waals surface area contributed by atoms with Crippen LogP contribution in [-0.4, -0.2) is 22.1 Å². The molecule has 0 fully saturated rings. The normalized spacial score (nSPS) is 14.8. The quantitative estimate of drug-likeness (QED) is 0.520. The van der Waals surface area contributed by atoms with Gasteiger partial charge in [-0.3, -0.25) is 9.78 Å². The first kappa shape index (κ1) is 17.5. The van der Waals surface area contributed by atoms with Crippen LogP contribution in [0.15, 0.2) is 74.0 Å². The van der Waals surface area contributed by atoms with Crippen molar-refractivity contribution in [3.63, 3.8) is 0 Å². The number of thioether (sulfide) groups is 1. The molecule has 1 aliphatic carbocycles. The van der Waals surface area contributed by atoms with Gasteiger partial charge in [0.1, 0.15) is 5.52 Å². The molecule has 0 atom stereocenters. The van der Waals surface area contributed by atoms with Gasteiger partial charge >= 0.3 is 0 Å². The van der Waals surface area contributed by atoms with Gasteiger partial charge in [0, 0.05) is 18.0 Å². The molecule has 0 saturated carbocycles. The van der Waals surface area contributed by atoms with E-state index in [0.717, 1.165) is 42.4 Å². The molecule has 6 nitrogen and oxygen atoms in total. The highest BCUT2D eigenvalue weighted by molar-refractivity contribution is 8.02. The summed E-state index contributed by atoms with van der Waals surface area (Å²) in [6.07, 6.45) is 9.03. The predicted octanol–water partition coefficient (Wildman–Crippen LogP) is 4.56. The van der Waals surface area contributed by atoms with Gasteiger partial charge < -0.3 is 4.42 Å². The minimum Gasteiger partial charge on any atom is -0.431 e. The summed E-state index contributed by atoms with van der Waals surface area (Å²) in [4.78, 5) is 21.7. The average molecular weight is 378 g/mol. The number of oxazole rings is 1. The molecule has 1 N–H and O–H groups in total. The topological polar surface area (TPSA) is 80.4 Å². The first-order valence-electron chi connectivity index (χ1n) is 8.78. The summed E-state index contributed by atoms with van der Waals surface area (Å²) in [6.45, 7) is 0. The molecule has 1 amide bonds. The number of carbonyl (C=O) groups excluding carboxylic acids is 1. The van der Waals surface area contributed by atoms with Crippen molar-refractivity contribution in [2.75, 3.05) is 0 Å². The molecule has 0 unspecified atom stereocenters. The van der Waals surface area contributed by atoms with Gasteiger partial charge in [-0.1, -0.05) is 12.1 Å². The average Bonchev–Trinajstić information content (AvgIpc) is 3.12. The Hall–Kier alpha value is -2.93. The molecule has 0 saturated heterocycles. The van der Waals surface area contributed by atoms with Crippen molar-refractivity contribution >= 4 is 35.0 Å². The van der Waals surface area contributed by atoms with E-state index in [4.69, 9.17) is 4.42 Å². The maximum atomic E-state index is 12.1. The van der Waals surface area contributed by atoms with E-state index in [9.17, 15) is 4.79 Å². The number of fused-ring (bicyclic) bond motifs is 1. The highest BCUT2D eigenvalue weighted by Gasteiger charge is 2.16. The van der Waals surface area contributed by atoms with Gasteiger partial charge in [-0.15, -0.1) is 0 Å². The number of rotatable bonds is 5. The van der Waals surface area contributed by atoms with E-state index < -0.39 is 0 Å². The van der Waals surface area contributed by atoms with Gasteiger partial charge in [0.05, 0.1) is 6.21 Å². The summed E-state index contributed by atoms with van der Waals surface area (Å²) in [5.41, 5.74) is 5.86. The van der Waals surface area contributed by atoms with Crippen molar-refractivity contribution < 1.29 is 9.21 Å². The minimum absolute atomic E-state index is 0.252. The molecule has 3 aromatic rings. The van der Waals surface area contributed by atoms with E-state index in [0.29, 0.717) is 10.8 Å². The van der Waals surface area contributed by atoms with Crippen molar-refractivity contribution in [1.29, 1.82) is 0 Å². The number of aromatic nitrogens is 2. The lowest BCUT2D eigenvalue weighted by Crippen LogP contribution is -2.17. The predicted molar refractivity (Wildman–Crippen MR) is 106 cm³/mol. The summed E-state index contributed by atoms with van der Waals surface area (Å²) >= 11 is 1.54. The summed E-state index contributed by atoms with van der Waals surface area (Å²) in [7, 11) is 0. The molecule has 27 heavy (non-hydrogen) atoms. The van der Waals surface area contributed by atoms with Crippen LogP contribution in [0.1, 0.15) is 36.0 Å². The fraction of sp³-hybridized carbons (Fsp3) is 0.200. The maximum Gasteiger partial charge on any atom is 0.271 e. The zero-order chi connectivity index (χ0) is 18.5. The standard InChI is InChI=1S/C20H18N4O2S/c25-19(14-9-11-21-12-10-14)24-22-13-15-5-1-4-8-18(15)27-20-23-16-6-2-3-7-17(16)26-20/h2-3,6-7,9-13H,1,4-5,8H2,(H,24,25)/b22-13+. The van der Waals surface area contributed by atoms with E-state index in [2.05, 4.69) is 20.5 Å². The van der Waals surface area contributed by atoms with Gasteiger partial charge in [0.2, 0.25) is 0 Å². The molecule has 7 heteroatoms. The van der Waals surface area contributed by atoms with E-state index >= 15 is 0 Å². The number of hydrogen-bond donors (Lipinski definition) is 1. The number of para-hydroxylation sites is 2. The zero-order valence-electron chi connectivity index (χ0n) is 14.6. The summed E-state index contributed by atoms with van der Waals surface area (Å²) in [6, 6.07) is 11.0. The fourth-order valence-electron chi connectivity index (χ4n) is 2.89. The molecule has 2 heterocycles. The largest absolute Gasteiger partial charge is 0.431 e. The van der Waals surface area contributed by atoms with Crippen molar-refractivity contribution in [3.8, 4) is 0 Å². The molecule has 1 aromatic carbocycles.